The fourth-order valence-corrected chi connectivity index (χ4v) is 5.20. The van der Waals surface area contributed by atoms with Gasteiger partial charge in [0, 0.05) is 16.8 Å². The Balaban J connectivity index is 2.10. The van der Waals surface area contributed by atoms with Gasteiger partial charge in [-0.15, -0.1) is 0 Å². The molecule has 3 aromatic rings. The first-order valence-corrected chi connectivity index (χ1v) is 9.02. The predicted molar refractivity (Wildman–Crippen MR) is 89.9 cm³/mol. The molecule has 0 aliphatic heterocycles. The van der Waals surface area contributed by atoms with Crippen molar-refractivity contribution in [1.29, 1.82) is 0 Å². The average Bonchev–Trinajstić information content (AvgIpc) is 2.57. The Kier molecular flexibility index (Phi) is 4.22. The standard InChI is InChI=1S/C19H16FOP/c20-17-11-13-19(14-12-17)22(21,18-9-5-2-6-10-18)15-16-7-3-1-4-8-16/h1-14H,15H2. The van der Waals surface area contributed by atoms with Crippen molar-refractivity contribution in [1.82, 2.24) is 0 Å². The van der Waals surface area contributed by atoms with Crippen LogP contribution in [0.25, 0.3) is 0 Å². The van der Waals surface area contributed by atoms with Crippen LogP contribution >= 0.6 is 7.14 Å². The van der Waals surface area contributed by atoms with Gasteiger partial charge in [0.15, 0.2) is 0 Å². The van der Waals surface area contributed by atoms with Crippen molar-refractivity contribution in [2.45, 2.75) is 6.16 Å². The zero-order chi connectivity index (χ0) is 15.4. The molecule has 0 amide bonds. The third-order valence-electron chi connectivity index (χ3n) is 3.67. The molecule has 0 saturated heterocycles. The summed E-state index contributed by atoms with van der Waals surface area (Å²) in [6.07, 6.45) is 0.434. The molecule has 0 aliphatic carbocycles. The van der Waals surface area contributed by atoms with Gasteiger partial charge >= 0.3 is 0 Å². The summed E-state index contributed by atoms with van der Waals surface area (Å²) in [7, 11) is -2.83. The van der Waals surface area contributed by atoms with E-state index in [0.29, 0.717) is 11.5 Å². The number of rotatable bonds is 4. The van der Waals surface area contributed by atoms with Crippen LogP contribution in [0.2, 0.25) is 0 Å². The third kappa shape index (κ3) is 3.03. The van der Waals surface area contributed by atoms with Crippen molar-refractivity contribution in [2.24, 2.45) is 0 Å². The Morgan fingerprint density at radius 1 is 0.682 bits per heavy atom. The van der Waals surface area contributed by atoms with Crippen LogP contribution in [0, 0.1) is 5.82 Å². The molecular weight excluding hydrogens is 294 g/mol. The monoisotopic (exact) mass is 310 g/mol. The van der Waals surface area contributed by atoms with Crippen LogP contribution in [0.15, 0.2) is 84.9 Å². The van der Waals surface area contributed by atoms with Crippen LogP contribution in [0.3, 0.4) is 0 Å². The first-order chi connectivity index (χ1) is 10.7. The SMILES string of the molecule is O=P(Cc1ccccc1)(c1ccccc1)c1ccc(F)cc1. The van der Waals surface area contributed by atoms with E-state index in [4.69, 9.17) is 0 Å². The molecule has 0 heterocycles. The summed E-state index contributed by atoms with van der Waals surface area (Å²) in [6.45, 7) is 0. The summed E-state index contributed by atoms with van der Waals surface area (Å²) in [5.41, 5.74) is 1.01. The van der Waals surface area contributed by atoms with Crippen LogP contribution in [0.1, 0.15) is 5.56 Å². The molecule has 1 nitrogen and oxygen atoms in total. The maximum atomic E-state index is 13.8. The van der Waals surface area contributed by atoms with Gasteiger partial charge in [0.25, 0.3) is 0 Å². The quantitative estimate of drug-likeness (QED) is 0.655. The summed E-state index contributed by atoms with van der Waals surface area (Å²) in [4.78, 5) is 0. The van der Waals surface area contributed by atoms with Crippen LogP contribution in [-0.2, 0) is 10.7 Å². The van der Waals surface area contributed by atoms with E-state index in [-0.39, 0.29) is 5.82 Å². The normalized spacial score (nSPS) is 13.5. The van der Waals surface area contributed by atoms with Gasteiger partial charge in [-0.2, -0.15) is 0 Å². The lowest BCUT2D eigenvalue weighted by Crippen LogP contribution is -2.17. The van der Waals surface area contributed by atoms with Gasteiger partial charge in [-0.25, -0.2) is 4.39 Å². The van der Waals surface area contributed by atoms with Crippen LogP contribution < -0.4 is 10.6 Å². The smallest absolute Gasteiger partial charge is 0.147 e. The highest BCUT2D eigenvalue weighted by atomic mass is 31.2. The zero-order valence-electron chi connectivity index (χ0n) is 12.0. The van der Waals surface area contributed by atoms with Gasteiger partial charge in [-0.1, -0.05) is 60.7 Å². The van der Waals surface area contributed by atoms with Gasteiger partial charge in [0.1, 0.15) is 13.0 Å². The van der Waals surface area contributed by atoms with Crippen molar-refractivity contribution in [3.8, 4) is 0 Å². The average molecular weight is 310 g/mol. The van der Waals surface area contributed by atoms with E-state index in [9.17, 15) is 8.96 Å². The fourth-order valence-electron chi connectivity index (χ4n) is 2.52. The predicted octanol–water partition coefficient (Wildman–Crippen LogP) is 4.34. The van der Waals surface area contributed by atoms with Gasteiger partial charge in [-0.05, 0) is 29.8 Å². The Morgan fingerprint density at radius 2 is 1.18 bits per heavy atom. The highest BCUT2D eigenvalue weighted by Gasteiger charge is 2.27. The van der Waals surface area contributed by atoms with E-state index in [2.05, 4.69) is 0 Å². The molecule has 1 atom stereocenters. The molecule has 22 heavy (non-hydrogen) atoms. The second-order valence-electron chi connectivity index (χ2n) is 5.20. The minimum absolute atomic E-state index is 0.317. The number of hydrogen-bond acceptors (Lipinski definition) is 1. The zero-order valence-corrected chi connectivity index (χ0v) is 12.9. The van der Waals surface area contributed by atoms with E-state index >= 15 is 0 Å². The van der Waals surface area contributed by atoms with Gasteiger partial charge in [0.05, 0.1) is 0 Å². The van der Waals surface area contributed by atoms with Gasteiger partial charge in [-0.3, -0.25) is 0 Å². The van der Waals surface area contributed by atoms with Crippen LogP contribution in [0.5, 0.6) is 0 Å². The van der Waals surface area contributed by atoms with E-state index < -0.39 is 7.14 Å². The summed E-state index contributed by atoms with van der Waals surface area (Å²) >= 11 is 0. The lowest BCUT2D eigenvalue weighted by atomic mass is 10.2. The molecule has 0 radical (unpaired) electrons. The summed E-state index contributed by atoms with van der Waals surface area (Å²) < 4.78 is 27.0. The van der Waals surface area contributed by atoms with Crippen LogP contribution in [-0.4, -0.2) is 0 Å². The minimum atomic E-state index is -2.83. The summed E-state index contributed by atoms with van der Waals surface area (Å²) in [5, 5.41) is 1.48. The molecule has 3 rings (SSSR count). The van der Waals surface area contributed by atoms with Crippen molar-refractivity contribution < 1.29 is 8.96 Å². The molecule has 1 unspecified atom stereocenters. The van der Waals surface area contributed by atoms with Crippen molar-refractivity contribution in [3.05, 3.63) is 96.3 Å². The Bertz CT molecular complexity index is 783. The maximum absolute atomic E-state index is 13.8. The van der Waals surface area contributed by atoms with Gasteiger partial charge < -0.3 is 4.57 Å². The Morgan fingerprint density at radius 3 is 1.77 bits per heavy atom. The maximum Gasteiger partial charge on any atom is 0.147 e. The molecule has 0 fully saturated rings. The largest absolute Gasteiger partial charge is 0.313 e. The molecule has 0 saturated carbocycles. The molecule has 0 aliphatic rings. The number of halogens is 1. The topological polar surface area (TPSA) is 17.1 Å². The highest BCUT2D eigenvalue weighted by Crippen LogP contribution is 2.46. The van der Waals surface area contributed by atoms with E-state index in [0.717, 1.165) is 10.9 Å². The van der Waals surface area contributed by atoms with E-state index in [1.807, 2.05) is 60.7 Å². The molecule has 3 heteroatoms. The summed E-state index contributed by atoms with van der Waals surface area (Å²) in [5.74, 6) is -0.317. The molecular formula is C19H16FOP. The lowest BCUT2D eigenvalue weighted by Gasteiger charge is -2.19. The second-order valence-corrected chi connectivity index (χ2v) is 8.02. The van der Waals surface area contributed by atoms with Crippen LogP contribution in [0.4, 0.5) is 4.39 Å². The molecule has 0 aromatic heterocycles. The highest BCUT2D eigenvalue weighted by molar-refractivity contribution is 7.78. The minimum Gasteiger partial charge on any atom is -0.313 e. The first-order valence-electron chi connectivity index (χ1n) is 7.13. The first kappa shape index (κ1) is 14.7. The molecule has 0 N–H and O–H groups in total. The summed E-state index contributed by atoms with van der Waals surface area (Å²) in [6, 6.07) is 25.2. The second kappa shape index (κ2) is 6.29. The lowest BCUT2D eigenvalue weighted by molar-refractivity contribution is 0.586. The molecule has 0 spiro atoms. The van der Waals surface area contributed by atoms with E-state index in [1.165, 1.54) is 12.1 Å². The third-order valence-corrected chi connectivity index (χ3v) is 6.74. The molecule has 110 valence electrons. The van der Waals surface area contributed by atoms with E-state index in [1.54, 1.807) is 12.1 Å². The number of hydrogen-bond donors (Lipinski definition) is 0. The number of benzene rings is 3. The fraction of sp³-hybridized carbons (Fsp3) is 0.0526. The van der Waals surface area contributed by atoms with Crippen molar-refractivity contribution >= 4 is 17.8 Å². The molecule has 0 bridgehead atoms. The van der Waals surface area contributed by atoms with Gasteiger partial charge in [0.2, 0.25) is 0 Å². The van der Waals surface area contributed by atoms with Crippen molar-refractivity contribution in [3.63, 3.8) is 0 Å². The molecule has 3 aromatic carbocycles. The Hall–Kier alpha value is -2.18. The Labute approximate surface area is 129 Å². The van der Waals surface area contributed by atoms with Crippen molar-refractivity contribution in [2.75, 3.05) is 0 Å².